The van der Waals surface area contributed by atoms with Crippen molar-refractivity contribution in [3.05, 3.63) is 0 Å². The van der Waals surface area contributed by atoms with Crippen LogP contribution in [0.25, 0.3) is 0 Å². The molecule has 1 heterocycles. The Morgan fingerprint density at radius 1 is 1.31 bits per heavy atom. The Hall–Kier alpha value is -0.130. The summed E-state index contributed by atoms with van der Waals surface area (Å²) < 4.78 is 30.8. The van der Waals surface area contributed by atoms with E-state index in [1.165, 1.54) is 0 Å². The van der Waals surface area contributed by atoms with Crippen LogP contribution in [-0.4, -0.2) is 32.9 Å². The van der Waals surface area contributed by atoms with Crippen molar-refractivity contribution in [2.75, 3.05) is 13.2 Å². The van der Waals surface area contributed by atoms with Gasteiger partial charge in [-0.2, -0.15) is 0 Å². The highest BCUT2D eigenvalue weighted by atomic mass is 32.2. The molecule has 1 aliphatic heterocycles. The summed E-state index contributed by atoms with van der Waals surface area (Å²) in [5, 5.41) is -0.338. The fourth-order valence-electron chi connectivity index (χ4n) is 1.74. The zero-order chi connectivity index (χ0) is 9.64. The van der Waals surface area contributed by atoms with Crippen molar-refractivity contribution in [2.45, 2.75) is 25.1 Å². The standard InChI is InChI=1S/C8H15NO3S/c1-5(2)13(10,11)9-8-6-3-12-4-7(6)8/h5-9H,3-4H2,1-2H3/t6-,7-/m0/s1. The lowest BCUT2D eigenvalue weighted by molar-refractivity contribution is 0.159. The van der Waals surface area contributed by atoms with E-state index < -0.39 is 10.0 Å². The summed E-state index contributed by atoms with van der Waals surface area (Å²) in [5.74, 6) is 0.877. The van der Waals surface area contributed by atoms with Crippen molar-refractivity contribution >= 4 is 10.0 Å². The zero-order valence-corrected chi connectivity index (χ0v) is 8.67. The lowest BCUT2D eigenvalue weighted by Crippen LogP contribution is -2.35. The number of nitrogens with one attached hydrogen (secondary N) is 1. The van der Waals surface area contributed by atoms with Crippen LogP contribution in [0.15, 0.2) is 0 Å². The maximum absolute atomic E-state index is 11.5. The van der Waals surface area contributed by atoms with Gasteiger partial charge < -0.3 is 4.74 Å². The Bertz CT molecular complexity index is 289. The van der Waals surface area contributed by atoms with Crippen molar-refractivity contribution in [1.82, 2.24) is 4.72 Å². The molecular formula is C8H15NO3S. The first-order valence-corrected chi connectivity index (χ1v) is 6.16. The summed E-state index contributed by atoms with van der Waals surface area (Å²) in [6.07, 6.45) is 0. The quantitative estimate of drug-likeness (QED) is 0.703. The van der Waals surface area contributed by atoms with E-state index in [9.17, 15) is 8.42 Å². The summed E-state index contributed by atoms with van der Waals surface area (Å²) in [7, 11) is -3.08. The van der Waals surface area contributed by atoms with Crippen LogP contribution in [0.3, 0.4) is 0 Å². The highest BCUT2D eigenvalue weighted by Crippen LogP contribution is 2.44. The molecular weight excluding hydrogens is 190 g/mol. The van der Waals surface area contributed by atoms with Crippen molar-refractivity contribution < 1.29 is 13.2 Å². The molecule has 4 nitrogen and oxygen atoms in total. The monoisotopic (exact) mass is 205 g/mol. The van der Waals surface area contributed by atoms with Crippen molar-refractivity contribution in [3.8, 4) is 0 Å². The topological polar surface area (TPSA) is 55.4 Å². The van der Waals surface area contributed by atoms with Gasteiger partial charge in [-0.15, -0.1) is 0 Å². The Labute approximate surface area is 78.7 Å². The third-order valence-corrected chi connectivity index (χ3v) is 4.72. The maximum Gasteiger partial charge on any atom is 0.214 e. The third kappa shape index (κ3) is 1.60. The first-order chi connectivity index (χ1) is 6.02. The van der Waals surface area contributed by atoms with Crippen LogP contribution in [0.5, 0.6) is 0 Å². The Kier molecular flexibility index (Phi) is 2.13. The first kappa shape index (κ1) is 9.43. The Balaban J connectivity index is 1.94. The molecule has 0 aromatic rings. The van der Waals surface area contributed by atoms with Gasteiger partial charge in [-0.1, -0.05) is 0 Å². The van der Waals surface area contributed by atoms with Crippen LogP contribution in [0.1, 0.15) is 13.8 Å². The molecule has 1 aliphatic carbocycles. The van der Waals surface area contributed by atoms with Crippen LogP contribution >= 0.6 is 0 Å². The molecule has 1 saturated heterocycles. The molecule has 76 valence electrons. The predicted octanol–water partition coefficient (Wildman–Crippen LogP) is -0.0410. The average Bonchev–Trinajstić information content (AvgIpc) is 2.49. The molecule has 0 aromatic heterocycles. The van der Waals surface area contributed by atoms with Crippen molar-refractivity contribution in [3.63, 3.8) is 0 Å². The second-order valence-electron chi connectivity index (χ2n) is 4.10. The van der Waals surface area contributed by atoms with Gasteiger partial charge >= 0.3 is 0 Å². The largest absolute Gasteiger partial charge is 0.381 e. The van der Waals surface area contributed by atoms with E-state index >= 15 is 0 Å². The van der Waals surface area contributed by atoms with E-state index in [1.54, 1.807) is 13.8 Å². The van der Waals surface area contributed by atoms with Crippen LogP contribution in [0, 0.1) is 11.8 Å². The smallest absolute Gasteiger partial charge is 0.214 e. The number of hydrogen-bond donors (Lipinski definition) is 1. The van der Waals surface area contributed by atoms with E-state index in [-0.39, 0.29) is 11.3 Å². The molecule has 2 fully saturated rings. The van der Waals surface area contributed by atoms with E-state index in [2.05, 4.69) is 4.72 Å². The maximum atomic E-state index is 11.5. The number of hydrogen-bond acceptors (Lipinski definition) is 3. The highest BCUT2D eigenvalue weighted by molar-refractivity contribution is 7.90. The molecule has 2 aliphatic rings. The molecule has 1 N–H and O–H groups in total. The zero-order valence-electron chi connectivity index (χ0n) is 7.86. The second-order valence-corrected chi connectivity index (χ2v) is 6.37. The third-order valence-electron chi connectivity index (χ3n) is 2.87. The van der Waals surface area contributed by atoms with E-state index in [0.29, 0.717) is 11.8 Å². The van der Waals surface area contributed by atoms with Gasteiger partial charge in [-0.3, -0.25) is 0 Å². The number of ether oxygens (including phenoxy) is 1. The summed E-state index contributed by atoms with van der Waals surface area (Å²) in [5.41, 5.74) is 0. The minimum Gasteiger partial charge on any atom is -0.381 e. The van der Waals surface area contributed by atoms with Crippen LogP contribution in [0.2, 0.25) is 0 Å². The van der Waals surface area contributed by atoms with Gasteiger partial charge in [0.05, 0.1) is 18.5 Å². The molecule has 2 atom stereocenters. The van der Waals surface area contributed by atoms with Crippen molar-refractivity contribution in [2.24, 2.45) is 11.8 Å². The molecule has 2 rings (SSSR count). The predicted molar refractivity (Wildman–Crippen MR) is 48.8 cm³/mol. The molecule has 0 amide bonds. The normalized spacial score (nSPS) is 37.9. The Morgan fingerprint density at radius 3 is 2.31 bits per heavy atom. The van der Waals surface area contributed by atoms with Gasteiger partial charge in [0.1, 0.15) is 0 Å². The van der Waals surface area contributed by atoms with Crippen LogP contribution < -0.4 is 4.72 Å². The fourth-order valence-corrected chi connectivity index (χ4v) is 2.74. The van der Waals surface area contributed by atoms with E-state index in [4.69, 9.17) is 4.74 Å². The number of rotatable bonds is 3. The van der Waals surface area contributed by atoms with Gasteiger partial charge in [0.25, 0.3) is 0 Å². The highest BCUT2D eigenvalue weighted by Gasteiger charge is 2.55. The van der Waals surface area contributed by atoms with Crippen molar-refractivity contribution in [1.29, 1.82) is 0 Å². The summed E-state index contributed by atoms with van der Waals surface area (Å²) in [4.78, 5) is 0. The molecule has 0 spiro atoms. The Morgan fingerprint density at radius 2 is 1.85 bits per heavy atom. The summed E-state index contributed by atoms with van der Waals surface area (Å²) in [6.45, 7) is 4.82. The molecule has 0 bridgehead atoms. The molecule has 1 saturated carbocycles. The van der Waals surface area contributed by atoms with E-state index in [0.717, 1.165) is 13.2 Å². The summed E-state index contributed by atoms with van der Waals surface area (Å²) >= 11 is 0. The molecule has 0 unspecified atom stereocenters. The minimum atomic E-state index is -3.08. The van der Waals surface area contributed by atoms with Gasteiger partial charge in [-0.25, -0.2) is 13.1 Å². The van der Waals surface area contributed by atoms with Gasteiger partial charge in [0.2, 0.25) is 10.0 Å². The molecule has 0 aromatic carbocycles. The first-order valence-electron chi connectivity index (χ1n) is 4.61. The van der Waals surface area contributed by atoms with Gasteiger partial charge in [-0.05, 0) is 13.8 Å². The summed E-state index contributed by atoms with van der Waals surface area (Å²) in [6, 6.07) is 0.154. The average molecular weight is 205 g/mol. The number of fused-ring (bicyclic) bond motifs is 1. The van der Waals surface area contributed by atoms with Gasteiger partial charge in [0.15, 0.2) is 0 Å². The number of sulfonamides is 1. The lowest BCUT2D eigenvalue weighted by atomic mass is 10.4. The molecule has 13 heavy (non-hydrogen) atoms. The second kappa shape index (κ2) is 2.93. The van der Waals surface area contributed by atoms with Crippen LogP contribution in [-0.2, 0) is 14.8 Å². The molecule has 0 radical (unpaired) electrons. The lowest BCUT2D eigenvalue weighted by Gasteiger charge is -2.10. The SMILES string of the molecule is CC(C)S(=O)(=O)NC1[C@H]2COC[C@H]12. The van der Waals surface area contributed by atoms with Gasteiger partial charge in [0, 0.05) is 17.9 Å². The molecule has 5 heteroatoms. The van der Waals surface area contributed by atoms with Crippen LogP contribution in [0.4, 0.5) is 0 Å². The fraction of sp³-hybridized carbons (Fsp3) is 1.00. The van der Waals surface area contributed by atoms with E-state index in [1.807, 2.05) is 0 Å². The minimum absolute atomic E-state index is 0.154.